The molecule has 1 fully saturated rings. The van der Waals surface area contributed by atoms with Gasteiger partial charge in [0.2, 0.25) is 0 Å². The molecule has 0 aliphatic carbocycles. The van der Waals surface area contributed by atoms with Crippen LogP contribution < -0.4 is 10.6 Å². The van der Waals surface area contributed by atoms with Crippen molar-refractivity contribution in [2.45, 2.75) is 18.9 Å². The van der Waals surface area contributed by atoms with E-state index in [4.69, 9.17) is 0 Å². The number of nitrogens with zero attached hydrogens (tertiary/aromatic N) is 1. The summed E-state index contributed by atoms with van der Waals surface area (Å²) in [5, 5.41) is 8.31. The smallest absolute Gasteiger partial charge is 0.270 e. The highest BCUT2D eigenvalue weighted by molar-refractivity contribution is 6.05. The minimum atomic E-state index is -0.0782. The molecule has 4 heteroatoms. The number of fused-ring (bicyclic) bond motifs is 1. The number of rotatable bonds is 2. The summed E-state index contributed by atoms with van der Waals surface area (Å²) in [5.41, 5.74) is 0.517. The van der Waals surface area contributed by atoms with Crippen LogP contribution in [0.25, 0.3) is 10.8 Å². The number of carbonyl (C=O) groups excluding carboxylic acids is 1. The molecule has 2 N–H and O–H groups in total. The van der Waals surface area contributed by atoms with Crippen LogP contribution in [0.15, 0.2) is 36.5 Å². The highest BCUT2D eigenvalue weighted by Gasteiger charge is 2.18. The molecule has 1 saturated heterocycles. The van der Waals surface area contributed by atoms with Crippen molar-refractivity contribution >= 4 is 16.7 Å². The first kappa shape index (κ1) is 12.1. The van der Waals surface area contributed by atoms with Crippen molar-refractivity contribution in [1.29, 1.82) is 0 Å². The highest BCUT2D eigenvalue weighted by atomic mass is 16.1. The van der Waals surface area contributed by atoms with Gasteiger partial charge in [-0.1, -0.05) is 24.3 Å². The normalized spacial score (nSPS) is 19.3. The SMILES string of the molecule is O=C(NC1CCCNC1)c1nccc2ccccc12. The third kappa shape index (κ3) is 2.58. The molecular formula is C15H17N3O. The van der Waals surface area contributed by atoms with Crippen LogP contribution >= 0.6 is 0 Å². The third-order valence-electron chi connectivity index (χ3n) is 3.52. The molecule has 1 unspecified atom stereocenters. The molecule has 0 bridgehead atoms. The maximum atomic E-state index is 12.3. The molecule has 1 atom stereocenters. The van der Waals surface area contributed by atoms with Gasteiger partial charge in [-0.2, -0.15) is 0 Å². The van der Waals surface area contributed by atoms with E-state index in [1.165, 1.54) is 0 Å². The summed E-state index contributed by atoms with van der Waals surface area (Å²) in [7, 11) is 0. The number of amides is 1. The van der Waals surface area contributed by atoms with Gasteiger partial charge in [0.15, 0.2) is 0 Å². The number of nitrogens with one attached hydrogen (secondary N) is 2. The standard InChI is InChI=1S/C15H17N3O/c19-15(18-12-5-3-8-16-10-12)14-13-6-2-1-4-11(13)7-9-17-14/h1-2,4,6-7,9,12,16H,3,5,8,10H2,(H,18,19). The Hall–Kier alpha value is -1.94. The van der Waals surface area contributed by atoms with Crippen molar-refractivity contribution in [3.8, 4) is 0 Å². The molecule has 1 aromatic heterocycles. The van der Waals surface area contributed by atoms with E-state index in [0.29, 0.717) is 5.69 Å². The van der Waals surface area contributed by atoms with Crippen molar-refractivity contribution in [3.05, 3.63) is 42.2 Å². The van der Waals surface area contributed by atoms with Gasteiger partial charge in [0.1, 0.15) is 5.69 Å². The van der Waals surface area contributed by atoms with Crippen molar-refractivity contribution in [1.82, 2.24) is 15.6 Å². The predicted molar refractivity (Wildman–Crippen MR) is 75.1 cm³/mol. The van der Waals surface area contributed by atoms with Crippen LogP contribution in [-0.2, 0) is 0 Å². The lowest BCUT2D eigenvalue weighted by Gasteiger charge is -2.23. The van der Waals surface area contributed by atoms with Gasteiger partial charge in [-0.25, -0.2) is 0 Å². The van der Waals surface area contributed by atoms with E-state index in [9.17, 15) is 4.79 Å². The van der Waals surface area contributed by atoms with E-state index in [1.807, 2.05) is 30.3 Å². The molecule has 1 amide bonds. The first-order chi connectivity index (χ1) is 9.34. The first-order valence-electron chi connectivity index (χ1n) is 6.70. The Bertz CT molecular complexity index is 585. The number of aromatic nitrogens is 1. The molecule has 2 heterocycles. The molecule has 0 spiro atoms. The van der Waals surface area contributed by atoms with Crippen LogP contribution in [0.3, 0.4) is 0 Å². The van der Waals surface area contributed by atoms with Crippen molar-refractivity contribution in [2.75, 3.05) is 13.1 Å². The summed E-state index contributed by atoms with van der Waals surface area (Å²) in [6.45, 7) is 1.88. The molecule has 19 heavy (non-hydrogen) atoms. The van der Waals surface area contributed by atoms with Crippen molar-refractivity contribution in [2.24, 2.45) is 0 Å². The van der Waals surface area contributed by atoms with Crippen LogP contribution in [0.5, 0.6) is 0 Å². The Balaban J connectivity index is 1.85. The highest BCUT2D eigenvalue weighted by Crippen LogP contribution is 2.16. The van der Waals surface area contributed by atoms with Crippen molar-refractivity contribution < 1.29 is 4.79 Å². The van der Waals surface area contributed by atoms with Gasteiger partial charge < -0.3 is 10.6 Å². The van der Waals surface area contributed by atoms with Crippen LogP contribution in [-0.4, -0.2) is 30.0 Å². The van der Waals surface area contributed by atoms with E-state index < -0.39 is 0 Å². The summed E-state index contributed by atoms with van der Waals surface area (Å²) in [5.74, 6) is -0.0782. The van der Waals surface area contributed by atoms with Crippen LogP contribution in [0.4, 0.5) is 0 Å². The Kier molecular flexibility index (Phi) is 3.42. The Morgan fingerprint density at radius 1 is 1.32 bits per heavy atom. The van der Waals surface area contributed by atoms with E-state index in [-0.39, 0.29) is 11.9 Å². The van der Waals surface area contributed by atoms with Crippen LogP contribution in [0.1, 0.15) is 23.3 Å². The fraction of sp³-hybridized carbons (Fsp3) is 0.333. The third-order valence-corrected chi connectivity index (χ3v) is 3.52. The second-order valence-electron chi connectivity index (χ2n) is 4.90. The second kappa shape index (κ2) is 5.36. The van der Waals surface area contributed by atoms with Gasteiger partial charge in [-0.3, -0.25) is 9.78 Å². The molecule has 2 aromatic rings. The molecule has 1 aliphatic rings. The fourth-order valence-corrected chi connectivity index (χ4v) is 2.53. The van der Waals surface area contributed by atoms with Gasteiger partial charge in [0.25, 0.3) is 5.91 Å². The summed E-state index contributed by atoms with van der Waals surface area (Å²) in [6, 6.07) is 9.97. The van der Waals surface area contributed by atoms with E-state index in [1.54, 1.807) is 6.20 Å². The maximum Gasteiger partial charge on any atom is 0.270 e. The van der Waals surface area contributed by atoms with Gasteiger partial charge in [0, 0.05) is 24.2 Å². The maximum absolute atomic E-state index is 12.3. The fourth-order valence-electron chi connectivity index (χ4n) is 2.53. The van der Waals surface area contributed by atoms with Gasteiger partial charge in [-0.15, -0.1) is 0 Å². The van der Waals surface area contributed by atoms with Crippen LogP contribution in [0.2, 0.25) is 0 Å². The number of hydrogen-bond donors (Lipinski definition) is 2. The second-order valence-corrected chi connectivity index (χ2v) is 4.90. The number of hydrogen-bond acceptors (Lipinski definition) is 3. The van der Waals surface area contributed by atoms with Crippen LogP contribution in [0, 0.1) is 0 Å². The predicted octanol–water partition coefficient (Wildman–Crippen LogP) is 1.72. The molecule has 1 aliphatic heterocycles. The Labute approximate surface area is 112 Å². The largest absolute Gasteiger partial charge is 0.347 e. The van der Waals surface area contributed by atoms with Gasteiger partial charge >= 0.3 is 0 Å². The minimum absolute atomic E-state index is 0.0782. The lowest BCUT2D eigenvalue weighted by molar-refractivity contribution is 0.0927. The average Bonchev–Trinajstić information content (AvgIpc) is 2.47. The monoisotopic (exact) mass is 255 g/mol. The average molecular weight is 255 g/mol. The first-order valence-corrected chi connectivity index (χ1v) is 6.70. The molecule has 0 saturated carbocycles. The number of benzene rings is 1. The molecule has 1 aromatic carbocycles. The quantitative estimate of drug-likeness (QED) is 0.859. The topological polar surface area (TPSA) is 54.0 Å². The summed E-state index contributed by atoms with van der Waals surface area (Å²) < 4.78 is 0. The molecular weight excluding hydrogens is 238 g/mol. The summed E-state index contributed by atoms with van der Waals surface area (Å²) in [4.78, 5) is 16.6. The van der Waals surface area contributed by atoms with Crippen molar-refractivity contribution in [3.63, 3.8) is 0 Å². The number of pyridine rings is 1. The molecule has 98 valence electrons. The lowest BCUT2D eigenvalue weighted by Crippen LogP contribution is -2.45. The Morgan fingerprint density at radius 3 is 3.05 bits per heavy atom. The number of carbonyl (C=O) groups is 1. The van der Waals surface area contributed by atoms with Gasteiger partial charge in [0.05, 0.1) is 0 Å². The molecule has 4 nitrogen and oxygen atoms in total. The van der Waals surface area contributed by atoms with Gasteiger partial charge in [-0.05, 0) is 30.8 Å². The zero-order chi connectivity index (χ0) is 13.1. The van der Waals surface area contributed by atoms with E-state index in [0.717, 1.165) is 36.7 Å². The Morgan fingerprint density at radius 2 is 2.21 bits per heavy atom. The zero-order valence-corrected chi connectivity index (χ0v) is 10.7. The van der Waals surface area contributed by atoms with E-state index >= 15 is 0 Å². The summed E-state index contributed by atoms with van der Waals surface area (Å²) >= 11 is 0. The number of piperidine rings is 1. The molecule has 3 rings (SSSR count). The minimum Gasteiger partial charge on any atom is -0.347 e. The lowest BCUT2D eigenvalue weighted by atomic mass is 10.1. The van der Waals surface area contributed by atoms with E-state index in [2.05, 4.69) is 15.6 Å². The summed E-state index contributed by atoms with van der Waals surface area (Å²) in [6.07, 6.45) is 3.83. The molecule has 0 radical (unpaired) electrons. The zero-order valence-electron chi connectivity index (χ0n) is 10.7.